The van der Waals surface area contributed by atoms with E-state index in [1.165, 1.54) is 10.8 Å². The molecule has 0 aliphatic heterocycles. The zero-order valence-electron chi connectivity index (χ0n) is 10.8. The quantitative estimate of drug-likeness (QED) is 0.598. The largest absolute Gasteiger partial charge is 0.348 e. The molecule has 0 spiro atoms. The van der Waals surface area contributed by atoms with E-state index < -0.39 is 10.6 Å². The van der Waals surface area contributed by atoms with Gasteiger partial charge in [-0.3, -0.25) is 14.7 Å². The maximum atomic E-state index is 11.4. The van der Waals surface area contributed by atoms with E-state index >= 15 is 0 Å². The normalized spacial score (nSPS) is 12.7. The molecule has 7 nitrogen and oxygen atoms in total. The molecule has 0 aliphatic carbocycles. The second-order valence-electron chi connectivity index (χ2n) is 4.53. The number of nitrogens with zero attached hydrogens (tertiary/aromatic N) is 3. The number of rotatable bonds is 6. The fourth-order valence-electron chi connectivity index (χ4n) is 1.35. The van der Waals surface area contributed by atoms with E-state index in [4.69, 9.17) is 0 Å². The Morgan fingerprint density at radius 1 is 1.50 bits per heavy atom. The van der Waals surface area contributed by atoms with Crippen molar-refractivity contribution < 1.29 is 4.92 Å². The summed E-state index contributed by atoms with van der Waals surface area (Å²) in [6.07, 6.45) is 2.19. The van der Waals surface area contributed by atoms with Gasteiger partial charge in [-0.05, 0) is 12.8 Å². The Balaban J connectivity index is 2.64. The van der Waals surface area contributed by atoms with Crippen molar-refractivity contribution in [3.8, 4) is 0 Å². The van der Waals surface area contributed by atoms with Gasteiger partial charge in [-0.15, -0.1) is 0 Å². The maximum Gasteiger partial charge on any atom is 0.348 e. The number of hydrogen-bond acceptors (Lipinski definition) is 5. The summed E-state index contributed by atoms with van der Waals surface area (Å²) in [7, 11) is 0. The van der Waals surface area contributed by atoms with Gasteiger partial charge in [0.1, 0.15) is 6.20 Å². The van der Waals surface area contributed by atoms with Gasteiger partial charge in [0.2, 0.25) is 0 Å². The molecule has 0 saturated heterocycles. The van der Waals surface area contributed by atoms with Gasteiger partial charge in [0.15, 0.2) is 0 Å². The predicted octanol–water partition coefficient (Wildman–Crippen LogP) is 0.786. The van der Waals surface area contributed by atoms with Crippen LogP contribution in [0.25, 0.3) is 0 Å². The molecule has 0 aromatic carbocycles. The van der Waals surface area contributed by atoms with E-state index in [1.807, 2.05) is 0 Å². The van der Waals surface area contributed by atoms with Gasteiger partial charge in [-0.25, -0.2) is 4.79 Å². The second-order valence-corrected chi connectivity index (χ2v) is 4.53. The van der Waals surface area contributed by atoms with E-state index in [0.29, 0.717) is 25.0 Å². The van der Waals surface area contributed by atoms with Gasteiger partial charge in [-0.2, -0.15) is 4.98 Å². The summed E-state index contributed by atoms with van der Waals surface area (Å²) in [6, 6.07) is 0.326. The highest BCUT2D eigenvalue weighted by Gasteiger charge is 2.09. The van der Waals surface area contributed by atoms with E-state index in [2.05, 4.69) is 31.1 Å². The Hall–Kier alpha value is -1.76. The Bertz CT molecular complexity index is 470. The molecule has 0 amide bonds. The van der Waals surface area contributed by atoms with Crippen LogP contribution in [0.3, 0.4) is 0 Å². The van der Waals surface area contributed by atoms with Crippen LogP contribution in [0.1, 0.15) is 20.8 Å². The van der Waals surface area contributed by atoms with Gasteiger partial charge >= 0.3 is 11.4 Å². The molecule has 1 heterocycles. The standard InChI is InChI=1S/C11H18N4O3/c1-8(2)9(3)12-4-5-14-7-10(15(17)18)6-13-11(14)16/h6-9,12H,4-5H2,1-3H3. The lowest BCUT2D eigenvalue weighted by atomic mass is 10.1. The van der Waals surface area contributed by atoms with Gasteiger partial charge in [0, 0.05) is 19.1 Å². The fourth-order valence-corrected chi connectivity index (χ4v) is 1.35. The first-order valence-electron chi connectivity index (χ1n) is 5.86. The Labute approximate surface area is 105 Å². The SMILES string of the molecule is CC(C)C(C)NCCn1cc([N+](=O)[O-])cnc1=O. The van der Waals surface area contributed by atoms with Crippen LogP contribution in [0.15, 0.2) is 17.2 Å². The van der Waals surface area contributed by atoms with Crippen LogP contribution in [0.4, 0.5) is 5.69 Å². The highest BCUT2D eigenvalue weighted by molar-refractivity contribution is 5.20. The second kappa shape index (κ2) is 6.25. The maximum absolute atomic E-state index is 11.4. The van der Waals surface area contributed by atoms with Crippen LogP contribution in [0, 0.1) is 16.0 Å². The van der Waals surface area contributed by atoms with Crippen molar-refractivity contribution in [3.05, 3.63) is 33.0 Å². The molecule has 0 fully saturated rings. The molecule has 1 aromatic heterocycles. The van der Waals surface area contributed by atoms with E-state index in [0.717, 1.165) is 6.20 Å². The molecule has 100 valence electrons. The van der Waals surface area contributed by atoms with Crippen molar-refractivity contribution in [3.63, 3.8) is 0 Å². The number of nitro groups is 1. The van der Waals surface area contributed by atoms with E-state index in [-0.39, 0.29) is 5.69 Å². The minimum Gasteiger partial charge on any atom is -0.312 e. The van der Waals surface area contributed by atoms with Gasteiger partial charge in [0.25, 0.3) is 0 Å². The highest BCUT2D eigenvalue weighted by atomic mass is 16.6. The Morgan fingerprint density at radius 2 is 2.17 bits per heavy atom. The lowest BCUT2D eigenvalue weighted by Gasteiger charge is -2.17. The molecule has 1 unspecified atom stereocenters. The first-order chi connectivity index (χ1) is 8.41. The number of aromatic nitrogens is 2. The third kappa shape index (κ3) is 3.92. The summed E-state index contributed by atoms with van der Waals surface area (Å²) < 4.78 is 1.25. The zero-order valence-corrected chi connectivity index (χ0v) is 10.8. The first-order valence-corrected chi connectivity index (χ1v) is 5.86. The zero-order chi connectivity index (χ0) is 13.7. The van der Waals surface area contributed by atoms with Crippen molar-refractivity contribution in [2.75, 3.05) is 6.54 Å². The van der Waals surface area contributed by atoms with Crippen LogP contribution in [0.5, 0.6) is 0 Å². The van der Waals surface area contributed by atoms with Crippen molar-refractivity contribution in [1.82, 2.24) is 14.9 Å². The molecule has 7 heteroatoms. The monoisotopic (exact) mass is 254 g/mol. The molecule has 1 rings (SSSR count). The average Bonchev–Trinajstić information content (AvgIpc) is 2.30. The molecule has 0 radical (unpaired) electrons. The summed E-state index contributed by atoms with van der Waals surface area (Å²) in [6.45, 7) is 7.18. The third-order valence-electron chi connectivity index (χ3n) is 2.87. The highest BCUT2D eigenvalue weighted by Crippen LogP contribution is 2.04. The van der Waals surface area contributed by atoms with Crippen molar-refractivity contribution in [2.24, 2.45) is 5.92 Å². The molecular weight excluding hydrogens is 236 g/mol. The molecule has 0 bridgehead atoms. The van der Waals surface area contributed by atoms with Crippen LogP contribution in [-0.2, 0) is 6.54 Å². The summed E-state index contributed by atoms with van der Waals surface area (Å²) in [4.78, 5) is 24.9. The van der Waals surface area contributed by atoms with Crippen LogP contribution in [-0.4, -0.2) is 27.1 Å². The van der Waals surface area contributed by atoms with Crippen molar-refractivity contribution in [1.29, 1.82) is 0 Å². The molecular formula is C11H18N4O3. The van der Waals surface area contributed by atoms with Crippen LogP contribution in [0.2, 0.25) is 0 Å². The lowest BCUT2D eigenvalue weighted by Crippen LogP contribution is -2.35. The van der Waals surface area contributed by atoms with Gasteiger partial charge in [-0.1, -0.05) is 13.8 Å². The minimum absolute atomic E-state index is 0.175. The third-order valence-corrected chi connectivity index (χ3v) is 2.87. The average molecular weight is 254 g/mol. The molecule has 1 aromatic rings. The smallest absolute Gasteiger partial charge is 0.312 e. The predicted molar refractivity (Wildman–Crippen MR) is 67.5 cm³/mol. The van der Waals surface area contributed by atoms with Crippen LogP contribution >= 0.6 is 0 Å². The van der Waals surface area contributed by atoms with E-state index in [9.17, 15) is 14.9 Å². The molecule has 18 heavy (non-hydrogen) atoms. The minimum atomic E-state index is -0.562. The lowest BCUT2D eigenvalue weighted by molar-refractivity contribution is -0.385. The molecule has 0 saturated carbocycles. The van der Waals surface area contributed by atoms with Gasteiger partial charge < -0.3 is 5.32 Å². The molecule has 0 aliphatic rings. The van der Waals surface area contributed by atoms with Crippen LogP contribution < -0.4 is 11.0 Å². The topological polar surface area (TPSA) is 90.1 Å². The molecule has 1 atom stereocenters. The Morgan fingerprint density at radius 3 is 2.72 bits per heavy atom. The van der Waals surface area contributed by atoms with Crippen molar-refractivity contribution in [2.45, 2.75) is 33.4 Å². The Kier molecular flexibility index (Phi) is 4.96. The molecule has 1 N–H and O–H groups in total. The summed E-state index contributed by atoms with van der Waals surface area (Å²) >= 11 is 0. The van der Waals surface area contributed by atoms with Gasteiger partial charge in [0.05, 0.1) is 11.1 Å². The first kappa shape index (κ1) is 14.3. The summed E-state index contributed by atoms with van der Waals surface area (Å²) in [5, 5.41) is 13.8. The fraction of sp³-hybridized carbons (Fsp3) is 0.636. The number of hydrogen-bond donors (Lipinski definition) is 1. The summed E-state index contributed by atoms with van der Waals surface area (Å²) in [5.41, 5.74) is -0.647. The van der Waals surface area contributed by atoms with Crippen molar-refractivity contribution >= 4 is 5.69 Å². The van der Waals surface area contributed by atoms with E-state index in [1.54, 1.807) is 0 Å². The summed E-state index contributed by atoms with van der Waals surface area (Å²) in [5.74, 6) is 0.491. The number of nitrogens with one attached hydrogen (secondary N) is 1.